The lowest BCUT2D eigenvalue weighted by Crippen LogP contribution is -2.32. The lowest BCUT2D eigenvalue weighted by molar-refractivity contribution is 0.488. The van der Waals surface area contributed by atoms with E-state index in [1.54, 1.807) is 10.9 Å². The van der Waals surface area contributed by atoms with Crippen molar-refractivity contribution in [3.8, 4) is 0 Å². The van der Waals surface area contributed by atoms with Gasteiger partial charge in [-0.25, -0.2) is 13.1 Å². The van der Waals surface area contributed by atoms with Crippen LogP contribution in [-0.2, 0) is 16.6 Å². The zero-order valence-corrected chi connectivity index (χ0v) is 14.3. The van der Waals surface area contributed by atoms with Crippen LogP contribution in [0.5, 0.6) is 0 Å². The topological polar surface area (TPSA) is 76.0 Å². The molecule has 21 heavy (non-hydrogen) atoms. The molecule has 2 N–H and O–H groups in total. The molecule has 0 aliphatic rings. The first-order valence-electron chi connectivity index (χ1n) is 7.54. The number of likely N-dealkylation sites (N-methyl/N-ethyl adjacent to an activating group) is 1. The SMILES string of the molecule is CNCCn1cc(S(=O)(=O)NC(C)CCCC(C)C)cn1. The Morgan fingerprint density at radius 3 is 2.62 bits per heavy atom. The Balaban J connectivity index is 2.54. The Bertz CT molecular complexity index is 511. The summed E-state index contributed by atoms with van der Waals surface area (Å²) in [5.74, 6) is 0.652. The first kappa shape index (κ1) is 18.1. The molecule has 0 aromatic carbocycles. The molecule has 0 saturated heterocycles. The fourth-order valence-electron chi connectivity index (χ4n) is 2.06. The first-order chi connectivity index (χ1) is 9.85. The van der Waals surface area contributed by atoms with Gasteiger partial charge in [-0.15, -0.1) is 0 Å². The molecular weight excluding hydrogens is 288 g/mol. The van der Waals surface area contributed by atoms with E-state index in [2.05, 4.69) is 29.0 Å². The molecule has 0 amide bonds. The number of nitrogens with zero attached hydrogens (tertiary/aromatic N) is 2. The van der Waals surface area contributed by atoms with Gasteiger partial charge in [0.2, 0.25) is 10.0 Å². The molecule has 0 aliphatic heterocycles. The molecule has 1 aromatic rings. The maximum atomic E-state index is 12.2. The standard InChI is InChI=1S/C14H28N4O2S/c1-12(2)6-5-7-13(3)17-21(19,20)14-10-16-18(11-14)9-8-15-4/h10-13,15,17H,5-9H2,1-4H3. The van der Waals surface area contributed by atoms with Crippen molar-refractivity contribution in [3.63, 3.8) is 0 Å². The summed E-state index contributed by atoms with van der Waals surface area (Å²) in [6, 6.07) is -0.0607. The Kier molecular flexibility index (Phi) is 7.34. The molecule has 6 nitrogen and oxygen atoms in total. The number of sulfonamides is 1. The van der Waals surface area contributed by atoms with Gasteiger partial charge in [-0.2, -0.15) is 5.10 Å². The third kappa shape index (κ3) is 6.58. The third-order valence-corrected chi connectivity index (χ3v) is 4.83. The zero-order valence-electron chi connectivity index (χ0n) is 13.5. The fourth-order valence-corrected chi connectivity index (χ4v) is 3.29. The fraction of sp³-hybridized carbons (Fsp3) is 0.786. The summed E-state index contributed by atoms with van der Waals surface area (Å²) < 4.78 is 28.8. The van der Waals surface area contributed by atoms with Crippen molar-refractivity contribution in [3.05, 3.63) is 12.4 Å². The minimum absolute atomic E-state index is 0.0607. The number of rotatable bonds is 10. The van der Waals surface area contributed by atoms with Gasteiger partial charge in [-0.05, 0) is 26.3 Å². The zero-order chi connectivity index (χ0) is 15.9. The number of aromatic nitrogens is 2. The summed E-state index contributed by atoms with van der Waals surface area (Å²) in [6.45, 7) is 7.66. The van der Waals surface area contributed by atoms with Crippen LogP contribution < -0.4 is 10.0 Å². The Labute approximate surface area is 128 Å². The average Bonchev–Trinajstić information content (AvgIpc) is 2.84. The van der Waals surface area contributed by atoms with Crippen LogP contribution in [0.15, 0.2) is 17.3 Å². The number of hydrogen-bond acceptors (Lipinski definition) is 4. The second-order valence-electron chi connectivity index (χ2n) is 5.89. The van der Waals surface area contributed by atoms with E-state index in [-0.39, 0.29) is 10.9 Å². The summed E-state index contributed by atoms with van der Waals surface area (Å²) in [7, 11) is -1.62. The minimum atomic E-state index is -3.47. The monoisotopic (exact) mass is 316 g/mol. The summed E-state index contributed by atoms with van der Waals surface area (Å²) >= 11 is 0. The van der Waals surface area contributed by atoms with Gasteiger partial charge in [0.15, 0.2) is 0 Å². The van der Waals surface area contributed by atoms with E-state index in [4.69, 9.17) is 0 Å². The van der Waals surface area contributed by atoms with E-state index < -0.39 is 10.0 Å². The predicted octanol–water partition coefficient (Wildman–Crippen LogP) is 1.60. The van der Waals surface area contributed by atoms with Gasteiger partial charge < -0.3 is 5.32 Å². The highest BCUT2D eigenvalue weighted by Crippen LogP contribution is 2.12. The van der Waals surface area contributed by atoms with E-state index in [1.165, 1.54) is 6.20 Å². The Morgan fingerprint density at radius 2 is 2.00 bits per heavy atom. The van der Waals surface area contributed by atoms with Gasteiger partial charge in [-0.3, -0.25) is 4.68 Å². The summed E-state index contributed by atoms with van der Waals surface area (Å²) in [6.07, 6.45) is 5.97. The molecule has 1 aromatic heterocycles. The van der Waals surface area contributed by atoms with Crippen molar-refractivity contribution in [2.24, 2.45) is 5.92 Å². The third-order valence-electron chi connectivity index (χ3n) is 3.29. The van der Waals surface area contributed by atoms with Crippen molar-refractivity contribution in [2.45, 2.75) is 57.5 Å². The molecule has 0 bridgehead atoms. The van der Waals surface area contributed by atoms with Crippen molar-refractivity contribution in [1.29, 1.82) is 0 Å². The lowest BCUT2D eigenvalue weighted by atomic mass is 10.0. The van der Waals surface area contributed by atoms with Gasteiger partial charge in [0.25, 0.3) is 0 Å². The minimum Gasteiger partial charge on any atom is -0.318 e. The lowest BCUT2D eigenvalue weighted by Gasteiger charge is -2.13. The summed E-state index contributed by atoms with van der Waals surface area (Å²) in [5, 5.41) is 7.07. The van der Waals surface area contributed by atoms with Crippen molar-refractivity contribution in [1.82, 2.24) is 19.8 Å². The van der Waals surface area contributed by atoms with Gasteiger partial charge in [0.05, 0.1) is 12.7 Å². The highest BCUT2D eigenvalue weighted by molar-refractivity contribution is 7.89. The van der Waals surface area contributed by atoms with Crippen LogP contribution in [0.2, 0.25) is 0 Å². The molecule has 1 atom stereocenters. The van der Waals surface area contributed by atoms with Crippen LogP contribution in [0.4, 0.5) is 0 Å². The number of hydrogen-bond donors (Lipinski definition) is 2. The van der Waals surface area contributed by atoms with Crippen molar-refractivity contribution >= 4 is 10.0 Å². The van der Waals surface area contributed by atoms with E-state index in [0.717, 1.165) is 25.8 Å². The van der Waals surface area contributed by atoms with Gasteiger partial charge >= 0.3 is 0 Å². The molecule has 1 heterocycles. The molecule has 0 fully saturated rings. The van der Waals surface area contributed by atoms with Crippen LogP contribution in [0.25, 0.3) is 0 Å². The molecule has 7 heteroatoms. The Morgan fingerprint density at radius 1 is 1.29 bits per heavy atom. The highest BCUT2D eigenvalue weighted by atomic mass is 32.2. The summed E-state index contributed by atoms with van der Waals surface area (Å²) in [4.78, 5) is 0.231. The second kappa shape index (κ2) is 8.51. The largest absolute Gasteiger partial charge is 0.318 e. The van der Waals surface area contributed by atoms with Crippen LogP contribution in [0.1, 0.15) is 40.0 Å². The quantitative estimate of drug-likeness (QED) is 0.687. The van der Waals surface area contributed by atoms with E-state index in [0.29, 0.717) is 12.5 Å². The summed E-state index contributed by atoms with van der Waals surface area (Å²) in [5.41, 5.74) is 0. The second-order valence-corrected chi connectivity index (χ2v) is 7.60. The van der Waals surface area contributed by atoms with E-state index in [9.17, 15) is 8.42 Å². The molecule has 122 valence electrons. The van der Waals surface area contributed by atoms with E-state index >= 15 is 0 Å². The van der Waals surface area contributed by atoms with E-state index in [1.807, 2.05) is 14.0 Å². The molecule has 0 saturated carbocycles. The molecule has 0 aliphatic carbocycles. The van der Waals surface area contributed by atoms with Crippen molar-refractivity contribution < 1.29 is 8.42 Å². The van der Waals surface area contributed by atoms with Crippen LogP contribution in [0.3, 0.4) is 0 Å². The smallest absolute Gasteiger partial charge is 0.243 e. The van der Waals surface area contributed by atoms with Crippen molar-refractivity contribution in [2.75, 3.05) is 13.6 Å². The van der Waals surface area contributed by atoms with Crippen LogP contribution in [-0.4, -0.2) is 37.8 Å². The van der Waals surface area contributed by atoms with Crippen LogP contribution >= 0.6 is 0 Å². The maximum absolute atomic E-state index is 12.2. The first-order valence-corrected chi connectivity index (χ1v) is 9.03. The highest BCUT2D eigenvalue weighted by Gasteiger charge is 2.19. The average molecular weight is 316 g/mol. The predicted molar refractivity (Wildman–Crippen MR) is 84.6 cm³/mol. The molecule has 0 spiro atoms. The van der Waals surface area contributed by atoms with Gasteiger partial charge in [0, 0.05) is 18.8 Å². The molecular formula is C14H28N4O2S. The molecule has 1 unspecified atom stereocenters. The molecule has 0 radical (unpaired) electrons. The molecule has 1 rings (SSSR count). The Hall–Kier alpha value is -0.920. The van der Waals surface area contributed by atoms with Crippen LogP contribution in [0, 0.1) is 5.92 Å². The number of nitrogens with one attached hydrogen (secondary N) is 2. The van der Waals surface area contributed by atoms with Gasteiger partial charge in [-0.1, -0.05) is 26.7 Å². The van der Waals surface area contributed by atoms with Gasteiger partial charge in [0.1, 0.15) is 4.90 Å². The normalized spacial score (nSPS) is 13.8. The maximum Gasteiger partial charge on any atom is 0.243 e.